The van der Waals surface area contributed by atoms with Crippen molar-refractivity contribution in [2.75, 3.05) is 20.8 Å². The number of hydrogen-bond donors (Lipinski definition) is 1. The van der Waals surface area contributed by atoms with Crippen LogP contribution in [-0.2, 0) is 0 Å². The van der Waals surface area contributed by atoms with Crippen molar-refractivity contribution in [3.05, 3.63) is 58.0 Å². The van der Waals surface area contributed by atoms with Crippen molar-refractivity contribution in [1.29, 1.82) is 0 Å². The highest BCUT2D eigenvalue weighted by Crippen LogP contribution is 2.39. The molecule has 0 radical (unpaired) electrons. The first kappa shape index (κ1) is 16.1. The summed E-state index contributed by atoms with van der Waals surface area (Å²) < 4.78 is 10.8. The topological polar surface area (TPSA) is 71.6 Å². The lowest BCUT2D eigenvalue weighted by molar-refractivity contribution is 0.0733. The van der Waals surface area contributed by atoms with Gasteiger partial charge in [-0.1, -0.05) is 0 Å². The summed E-state index contributed by atoms with van der Waals surface area (Å²) in [5, 5.41) is 0. The number of aromatic amines is 1. The Balaban J connectivity index is 1.94. The highest BCUT2D eigenvalue weighted by Gasteiger charge is 2.32. The molecule has 1 N–H and O–H groups in total. The molecule has 0 unspecified atom stereocenters. The van der Waals surface area contributed by atoms with Crippen molar-refractivity contribution in [2.45, 2.75) is 18.9 Å². The van der Waals surface area contributed by atoms with Gasteiger partial charge in [0.05, 0.1) is 25.8 Å². The molecule has 3 rings (SSSR count). The number of pyridine rings is 1. The Hall–Kier alpha value is -2.76. The summed E-state index contributed by atoms with van der Waals surface area (Å²) in [5.74, 6) is 1.37. The Morgan fingerprint density at radius 1 is 1.21 bits per heavy atom. The second kappa shape index (κ2) is 6.78. The summed E-state index contributed by atoms with van der Waals surface area (Å²) in [5.41, 5.74) is 1.19. The number of carbonyl (C=O) groups is 1. The molecule has 0 bridgehead atoms. The standard InChI is InChI=1S/C18H20N2O4/c1-23-13-6-7-16(24-2)14(10-13)15-4-3-9-20(15)18(22)12-5-8-17(21)19-11-12/h5-8,10-11,15H,3-4,9H2,1-2H3,(H,19,21)/t15-/m1/s1. The van der Waals surface area contributed by atoms with Crippen LogP contribution < -0.4 is 15.0 Å². The zero-order chi connectivity index (χ0) is 17.1. The van der Waals surface area contributed by atoms with Crippen molar-refractivity contribution in [2.24, 2.45) is 0 Å². The van der Waals surface area contributed by atoms with Gasteiger partial charge in [-0.25, -0.2) is 0 Å². The first-order chi connectivity index (χ1) is 11.6. The van der Waals surface area contributed by atoms with Gasteiger partial charge in [0.1, 0.15) is 11.5 Å². The van der Waals surface area contributed by atoms with Gasteiger partial charge < -0.3 is 19.4 Å². The molecule has 1 aliphatic rings. The van der Waals surface area contributed by atoms with Gasteiger partial charge in [-0.2, -0.15) is 0 Å². The van der Waals surface area contributed by atoms with E-state index in [9.17, 15) is 9.59 Å². The quantitative estimate of drug-likeness (QED) is 0.935. The lowest BCUT2D eigenvalue weighted by atomic mass is 10.0. The van der Waals surface area contributed by atoms with E-state index in [0.717, 1.165) is 29.9 Å². The molecule has 1 amide bonds. The van der Waals surface area contributed by atoms with Crippen LogP contribution in [-0.4, -0.2) is 36.6 Å². The first-order valence-corrected chi connectivity index (χ1v) is 7.85. The third kappa shape index (κ3) is 2.99. The molecule has 6 nitrogen and oxygen atoms in total. The van der Waals surface area contributed by atoms with E-state index in [1.54, 1.807) is 20.3 Å². The van der Waals surface area contributed by atoms with Crippen molar-refractivity contribution in [1.82, 2.24) is 9.88 Å². The number of aromatic nitrogens is 1. The fourth-order valence-electron chi connectivity index (χ4n) is 3.14. The van der Waals surface area contributed by atoms with E-state index >= 15 is 0 Å². The number of ether oxygens (including phenoxy) is 2. The van der Waals surface area contributed by atoms with Crippen LogP contribution in [0.3, 0.4) is 0 Å². The van der Waals surface area contributed by atoms with E-state index in [2.05, 4.69) is 4.98 Å². The minimum absolute atomic E-state index is 0.0746. The fraction of sp³-hybridized carbons (Fsp3) is 0.333. The Labute approximate surface area is 140 Å². The largest absolute Gasteiger partial charge is 0.497 e. The number of nitrogens with zero attached hydrogens (tertiary/aromatic N) is 1. The minimum atomic E-state index is -0.223. The molecular weight excluding hydrogens is 308 g/mol. The molecule has 1 atom stereocenters. The number of amides is 1. The SMILES string of the molecule is COc1ccc(OC)c([C@H]2CCCN2C(=O)c2ccc(=O)[nH]c2)c1. The van der Waals surface area contributed by atoms with Gasteiger partial charge in [-0.15, -0.1) is 0 Å². The molecule has 0 saturated carbocycles. The molecule has 2 aromatic rings. The van der Waals surface area contributed by atoms with E-state index in [1.165, 1.54) is 12.3 Å². The maximum atomic E-state index is 12.8. The van der Waals surface area contributed by atoms with Gasteiger partial charge >= 0.3 is 0 Å². The van der Waals surface area contributed by atoms with Crippen molar-refractivity contribution in [3.63, 3.8) is 0 Å². The molecule has 1 fully saturated rings. The van der Waals surface area contributed by atoms with Gasteiger partial charge in [0.25, 0.3) is 5.91 Å². The molecule has 0 aliphatic carbocycles. The summed E-state index contributed by atoms with van der Waals surface area (Å²) >= 11 is 0. The second-order valence-electron chi connectivity index (χ2n) is 5.71. The summed E-state index contributed by atoms with van der Waals surface area (Å²) in [6.07, 6.45) is 3.24. The van der Waals surface area contributed by atoms with Crippen LogP contribution in [0.25, 0.3) is 0 Å². The molecule has 0 spiro atoms. The average molecular weight is 328 g/mol. The van der Waals surface area contributed by atoms with E-state index in [1.807, 2.05) is 23.1 Å². The molecule has 2 heterocycles. The zero-order valence-electron chi connectivity index (χ0n) is 13.7. The van der Waals surface area contributed by atoms with Crippen LogP contribution >= 0.6 is 0 Å². The Morgan fingerprint density at radius 2 is 2.04 bits per heavy atom. The number of carbonyl (C=O) groups excluding carboxylic acids is 1. The molecule has 1 aliphatic heterocycles. The van der Waals surface area contributed by atoms with Gasteiger partial charge in [0, 0.05) is 24.4 Å². The van der Waals surface area contributed by atoms with E-state index in [0.29, 0.717) is 12.1 Å². The number of methoxy groups -OCH3 is 2. The molecule has 24 heavy (non-hydrogen) atoms. The maximum Gasteiger partial charge on any atom is 0.255 e. The fourth-order valence-corrected chi connectivity index (χ4v) is 3.14. The van der Waals surface area contributed by atoms with E-state index in [4.69, 9.17) is 9.47 Å². The van der Waals surface area contributed by atoms with Gasteiger partial charge in [-0.05, 0) is 37.1 Å². The maximum absolute atomic E-state index is 12.8. The summed E-state index contributed by atoms with van der Waals surface area (Å²) in [7, 11) is 3.23. The molecular formula is C18H20N2O4. The number of H-pyrrole nitrogens is 1. The number of hydrogen-bond acceptors (Lipinski definition) is 4. The third-order valence-corrected chi connectivity index (χ3v) is 4.34. The van der Waals surface area contributed by atoms with Crippen LogP contribution in [0.4, 0.5) is 0 Å². The molecule has 6 heteroatoms. The predicted octanol–water partition coefficient (Wildman–Crippen LogP) is 2.37. The van der Waals surface area contributed by atoms with Crippen molar-refractivity contribution >= 4 is 5.91 Å². The summed E-state index contributed by atoms with van der Waals surface area (Å²) in [6, 6.07) is 8.46. The van der Waals surface area contributed by atoms with Gasteiger partial charge in [-0.3, -0.25) is 9.59 Å². The van der Waals surface area contributed by atoms with Crippen LogP contribution in [0.15, 0.2) is 41.3 Å². The van der Waals surface area contributed by atoms with E-state index in [-0.39, 0.29) is 17.5 Å². The third-order valence-electron chi connectivity index (χ3n) is 4.34. The van der Waals surface area contributed by atoms with Crippen LogP contribution in [0.5, 0.6) is 11.5 Å². The highest BCUT2D eigenvalue weighted by molar-refractivity contribution is 5.94. The highest BCUT2D eigenvalue weighted by atomic mass is 16.5. The Bertz CT molecular complexity index is 779. The van der Waals surface area contributed by atoms with Gasteiger partial charge in [0.2, 0.25) is 5.56 Å². The molecule has 1 aromatic carbocycles. The van der Waals surface area contributed by atoms with Crippen LogP contribution in [0.1, 0.15) is 34.8 Å². The Morgan fingerprint density at radius 3 is 2.71 bits per heavy atom. The average Bonchev–Trinajstić information content (AvgIpc) is 3.10. The van der Waals surface area contributed by atoms with Crippen LogP contribution in [0, 0.1) is 0 Å². The summed E-state index contributed by atoms with van der Waals surface area (Å²) in [6.45, 7) is 0.670. The zero-order valence-corrected chi connectivity index (χ0v) is 13.7. The number of rotatable bonds is 4. The smallest absolute Gasteiger partial charge is 0.255 e. The number of nitrogens with one attached hydrogen (secondary N) is 1. The minimum Gasteiger partial charge on any atom is -0.497 e. The van der Waals surface area contributed by atoms with E-state index < -0.39 is 0 Å². The van der Waals surface area contributed by atoms with Gasteiger partial charge in [0.15, 0.2) is 0 Å². The molecule has 1 aromatic heterocycles. The normalized spacial score (nSPS) is 16.9. The second-order valence-corrected chi connectivity index (χ2v) is 5.71. The monoisotopic (exact) mass is 328 g/mol. The first-order valence-electron chi connectivity index (χ1n) is 7.85. The number of benzene rings is 1. The molecule has 126 valence electrons. The molecule has 1 saturated heterocycles. The summed E-state index contributed by atoms with van der Waals surface area (Å²) in [4.78, 5) is 28.4. The van der Waals surface area contributed by atoms with Crippen molar-refractivity contribution in [3.8, 4) is 11.5 Å². The predicted molar refractivity (Wildman–Crippen MR) is 89.6 cm³/mol. The van der Waals surface area contributed by atoms with Crippen molar-refractivity contribution < 1.29 is 14.3 Å². The lowest BCUT2D eigenvalue weighted by Gasteiger charge is -2.26. The Kier molecular flexibility index (Phi) is 4.55. The van der Waals surface area contributed by atoms with Crippen LogP contribution in [0.2, 0.25) is 0 Å². The lowest BCUT2D eigenvalue weighted by Crippen LogP contribution is -2.31. The number of likely N-dealkylation sites (tertiary alicyclic amines) is 1.